The molecule has 2 unspecified atom stereocenters. The zero-order valence-corrected chi connectivity index (χ0v) is 19.2. The SMILES string of the molecule is COC1(c2ccc(Cl)cc2)c2c(F)cc(C(C)(C)O)cc2C(=O)N1CC1CC=C(C#N)C=N1. The van der Waals surface area contributed by atoms with Crippen LogP contribution in [0.3, 0.4) is 0 Å². The van der Waals surface area contributed by atoms with E-state index in [1.165, 1.54) is 44.2 Å². The van der Waals surface area contributed by atoms with E-state index in [1.54, 1.807) is 30.3 Å². The molecule has 0 aliphatic carbocycles. The van der Waals surface area contributed by atoms with Gasteiger partial charge in [0.15, 0.2) is 5.72 Å². The number of carbonyl (C=O) groups excluding carboxylic acids is 1. The van der Waals surface area contributed by atoms with Gasteiger partial charge in [-0.2, -0.15) is 5.26 Å². The number of ether oxygens (including phenoxy) is 1. The Labute approximate surface area is 196 Å². The summed E-state index contributed by atoms with van der Waals surface area (Å²) in [7, 11) is 1.42. The average Bonchev–Trinajstić information content (AvgIpc) is 3.03. The first-order valence-electron chi connectivity index (χ1n) is 10.4. The smallest absolute Gasteiger partial charge is 0.257 e. The summed E-state index contributed by atoms with van der Waals surface area (Å²) in [5.74, 6) is -1.09. The van der Waals surface area contributed by atoms with E-state index in [0.717, 1.165) is 0 Å². The van der Waals surface area contributed by atoms with Crippen LogP contribution in [0.5, 0.6) is 0 Å². The summed E-state index contributed by atoms with van der Waals surface area (Å²) in [4.78, 5) is 19.6. The topological polar surface area (TPSA) is 85.9 Å². The molecule has 2 aromatic rings. The van der Waals surface area contributed by atoms with Crippen molar-refractivity contribution >= 4 is 23.7 Å². The molecular weight excluding hydrogens is 445 g/mol. The maximum atomic E-state index is 15.7. The second kappa shape index (κ2) is 8.38. The molecule has 2 aromatic carbocycles. The average molecular weight is 468 g/mol. The highest BCUT2D eigenvalue weighted by atomic mass is 35.5. The third-order valence-corrected chi connectivity index (χ3v) is 6.33. The molecule has 1 N–H and O–H groups in total. The Hall–Kier alpha value is -3.05. The maximum absolute atomic E-state index is 15.7. The molecule has 33 heavy (non-hydrogen) atoms. The number of aliphatic hydroxyl groups is 1. The summed E-state index contributed by atoms with van der Waals surface area (Å²) >= 11 is 6.08. The highest BCUT2D eigenvalue weighted by molar-refractivity contribution is 6.30. The number of halogens is 2. The number of nitriles is 1. The van der Waals surface area contributed by atoms with Gasteiger partial charge in [-0.1, -0.05) is 29.8 Å². The van der Waals surface area contributed by atoms with E-state index in [-0.39, 0.29) is 29.3 Å². The summed E-state index contributed by atoms with van der Waals surface area (Å²) in [6.45, 7) is 3.20. The number of nitrogens with zero attached hydrogens (tertiary/aromatic N) is 3. The normalized spacial score (nSPS) is 22.2. The molecule has 0 saturated heterocycles. The van der Waals surface area contributed by atoms with Crippen molar-refractivity contribution in [3.05, 3.63) is 81.1 Å². The van der Waals surface area contributed by atoms with Gasteiger partial charge in [0.25, 0.3) is 5.91 Å². The Bertz CT molecular complexity index is 1210. The summed E-state index contributed by atoms with van der Waals surface area (Å²) < 4.78 is 21.6. The van der Waals surface area contributed by atoms with Crippen LogP contribution in [0.25, 0.3) is 0 Å². The second-order valence-corrected chi connectivity index (χ2v) is 9.09. The molecule has 0 fully saturated rings. The van der Waals surface area contributed by atoms with Crippen molar-refractivity contribution in [2.24, 2.45) is 4.99 Å². The van der Waals surface area contributed by atoms with Crippen molar-refractivity contribution in [3.63, 3.8) is 0 Å². The van der Waals surface area contributed by atoms with Crippen molar-refractivity contribution in [2.75, 3.05) is 13.7 Å². The number of methoxy groups -OCH3 is 1. The minimum absolute atomic E-state index is 0.0818. The van der Waals surface area contributed by atoms with Gasteiger partial charge in [-0.15, -0.1) is 0 Å². The monoisotopic (exact) mass is 467 g/mol. The van der Waals surface area contributed by atoms with Crippen molar-refractivity contribution in [2.45, 2.75) is 37.6 Å². The van der Waals surface area contributed by atoms with Gasteiger partial charge in [0, 0.05) is 30.5 Å². The fraction of sp³-hybridized carbons (Fsp3) is 0.320. The van der Waals surface area contributed by atoms with Crippen LogP contribution < -0.4 is 0 Å². The first-order chi connectivity index (χ1) is 15.6. The molecule has 4 rings (SSSR count). The van der Waals surface area contributed by atoms with Crippen LogP contribution in [0.15, 0.2) is 53.0 Å². The highest BCUT2D eigenvalue weighted by Gasteiger charge is 2.54. The number of hydrogen-bond acceptors (Lipinski definition) is 5. The number of hydrogen-bond donors (Lipinski definition) is 1. The van der Waals surface area contributed by atoms with Gasteiger partial charge in [-0.25, -0.2) is 4.39 Å². The fourth-order valence-electron chi connectivity index (χ4n) is 4.38. The van der Waals surface area contributed by atoms with Crippen LogP contribution in [0.2, 0.25) is 5.02 Å². The molecule has 0 aromatic heterocycles. The standard InChI is InChI=1S/C25H23ClFN3O3/c1-24(2,32)17-10-20-22(21(27)11-17)25(33-3,16-5-7-18(26)8-6-16)30(23(20)31)14-19-9-4-15(12-28)13-29-19/h4-8,10-11,13,19,32H,9,14H2,1-3H3. The summed E-state index contributed by atoms with van der Waals surface area (Å²) in [6.07, 6.45) is 3.69. The van der Waals surface area contributed by atoms with E-state index in [4.69, 9.17) is 21.6 Å². The van der Waals surface area contributed by atoms with Gasteiger partial charge in [0.1, 0.15) is 11.9 Å². The minimum Gasteiger partial charge on any atom is -0.386 e. The zero-order chi connectivity index (χ0) is 24.0. The predicted molar refractivity (Wildman–Crippen MR) is 123 cm³/mol. The molecule has 170 valence electrons. The lowest BCUT2D eigenvalue weighted by Crippen LogP contribution is -2.49. The molecule has 0 saturated carbocycles. The Morgan fingerprint density at radius 3 is 2.61 bits per heavy atom. The van der Waals surface area contributed by atoms with Crippen LogP contribution >= 0.6 is 11.6 Å². The van der Waals surface area contributed by atoms with Crippen molar-refractivity contribution in [1.29, 1.82) is 5.26 Å². The summed E-state index contributed by atoms with van der Waals surface area (Å²) in [5, 5.41) is 20.0. The van der Waals surface area contributed by atoms with Crippen LogP contribution in [-0.4, -0.2) is 41.8 Å². The van der Waals surface area contributed by atoms with Crippen molar-refractivity contribution < 1.29 is 19.0 Å². The molecule has 2 aliphatic rings. The number of benzene rings is 2. The highest BCUT2D eigenvalue weighted by Crippen LogP contribution is 2.47. The van der Waals surface area contributed by atoms with Gasteiger partial charge < -0.3 is 14.7 Å². The number of rotatable bonds is 5. The number of aliphatic imine (C=N–C) groups is 1. The number of carbonyl (C=O) groups is 1. The summed E-state index contributed by atoms with van der Waals surface area (Å²) in [5.41, 5.74) is -1.41. The number of allylic oxidation sites excluding steroid dienone is 1. The van der Waals surface area contributed by atoms with Gasteiger partial charge in [-0.05, 0) is 50.1 Å². The number of dihydropyridines is 1. The molecular formula is C25H23ClFN3O3. The van der Waals surface area contributed by atoms with Crippen LogP contribution in [0.4, 0.5) is 4.39 Å². The molecule has 0 radical (unpaired) electrons. The first kappa shape index (κ1) is 23.1. The largest absolute Gasteiger partial charge is 0.386 e. The molecule has 2 atom stereocenters. The van der Waals surface area contributed by atoms with E-state index >= 15 is 4.39 Å². The molecule has 8 heteroatoms. The summed E-state index contributed by atoms with van der Waals surface area (Å²) in [6, 6.07) is 11.2. The Kier molecular flexibility index (Phi) is 5.87. The Balaban J connectivity index is 1.89. The molecule has 2 aliphatic heterocycles. The van der Waals surface area contributed by atoms with Crippen LogP contribution in [0.1, 0.15) is 47.3 Å². The van der Waals surface area contributed by atoms with E-state index in [2.05, 4.69) is 4.99 Å². The molecule has 6 nitrogen and oxygen atoms in total. The van der Waals surface area contributed by atoms with Gasteiger partial charge in [0.2, 0.25) is 0 Å². The van der Waals surface area contributed by atoms with E-state index < -0.39 is 23.1 Å². The van der Waals surface area contributed by atoms with Gasteiger partial charge >= 0.3 is 0 Å². The van der Waals surface area contributed by atoms with E-state index in [9.17, 15) is 9.90 Å². The zero-order valence-electron chi connectivity index (χ0n) is 18.5. The second-order valence-electron chi connectivity index (χ2n) is 8.65. The Morgan fingerprint density at radius 2 is 2.06 bits per heavy atom. The lowest BCUT2D eigenvalue weighted by molar-refractivity contribution is -0.0859. The van der Waals surface area contributed by atoms with Crippen LogP contribution in [0, 0.1) is 17.1 Å². The number of fused-ring (bicyclic) bond motifs is 1. The van der Waals surface area contributed by atoms with Crippen LogP contribution in [-0.2, 0) is 16.1 Å². The molecule has 2 heterocycles. The third kappa shape index (κ3) is 3.84. The minimum atomic E-state index is -1.55. The molecule has 1 amide bonds. The van der Waals surface area contributed by atoms with Gasteiger partial charge in [0.05, 0.1) is 28.3 Å². The van der Waals surface area contributed by atoms with E-state index in [0.29, 0.717) is 22.6 Å². The van der Waals surface area contributed by atoms with E-state index in [1.807, 2.05) is 6.07 Å². The van der Waals surface area contributed by atoms with Crippen molar-refractivity contribution in [3.8, 4) is 6.07 Å². The predicted octanol–water partition coefficient (Wildman–Crippen LogP) is 4.30. The van der Waals surface area contributed by atoms with Crippen molar-refractivity contribution in [1.82, 2.24) is 4.90 Å². The Morgan fingerprint density at radius 1 is 1.36 bits per heavy atom. The number of amides is 1. The maximum Gasteiger partial charge on any atom is 0.257 e. The quantitative estimate of drug-likeness (QED) is 0.710. The molecule has 0 spiro atoms. The first-order valence-corrected chi connectivity index (χ1v) is 10.8. The van der Waals surface area contributed by atoms with Gasteiger partial charge in [-0.3, -0.25) is 9.79 Å². The molecule has 0 bridgehead atoms. The lowest BCUT2D eigenvalue weighted by Gasteiger charge is -2.39. The fourth-order valence-corrected chi connectivity index (χ4v) is 4.51. The lowest BCUT2D eigenvalue weighted by atomic mass is 9.88. The third-order valence-electron chi connectivity index (χ3n) is 6.08.